The fourth-order valence-electron chi connectivity index (χ4n) is 3.17. The molecule has 0 aliphatic carbocycles. The van der Waals surface area contributed by atoms with Crippen molar-refractivity contribution < 1.29 is 9.84 Å². The second-order valence-electron chi connectivity index (χ2n) is 6.99. The summed E-state index contributed by atoms with van der Waals surface area (Å²) in [5, 5.41) is 12.7. The molecule has 0 saturated heterocycles. The lowest BCUT2D eigenvalue weighted by Gasteiger charge is -2.14. The number of allylic oxidation sites excluding steroid dienone is 1. The average molecular weight is 410 g/mol. The Morgan fingerprint density at radius 2 is 1.58 bits per heavy atom. The number of aliphatic hydroxyl groups excluding tert-OH is 1. The van der Waals surface area contributed by atoms with Crippen molar-refractivity contribution >= 4 is 17.3 Å². The smallest absolute Gasteiger partial charge is 0.143 e. The van der Waals surface area contributed by atoms with Gasteiger partial charge in [0.15, 0.2) is 0 Å². The minimum atomic E-state index is 0.131. The standard InChI is InChI=1S/C25H22N4O2/c1-17(30)15-18-7-11-20(12-8-18)29-25-23(24(26)27-16-28-25)19-9-13-22(14-10-19)31-21-5-3-2-4-6-21/h2-14,16,30H,1,15H2,(H3,26,27,28,29). The van der Waals surface area contributed by atoms with Gasteiger partial charge in [-0.15, -0.1) is 0 Å². The van der Waals surface area contributed by atoms with Gasteiger partial charge in [0.05, 0.1) is 11.3 Å². The van der Waals surface area contributed by atoms with E-state index in [1.165, 1.54) is 6.33 Å². The molecule has 4 aromatic rings. The molecule has 0 amide bonds. The maximum atomic E-state index is 9.36. The molecule has 0 atom stereocenters. The SMILES string of the molecule is C=C(O)Cc1ccc(Nc2ncnc(N)c2-c2ccc(Oc3ccccc3)cc2)cc1. The van der Waals surface area contributed by atoms with Gasteiger partial charge in [0.1, 0.15) is 29.5 Å². The Balaban J connectivity index is 1.57. The van der Waals surface area contributed by atoms with E-state index in [1.54, 1.807) is 0 Å². The third kappa shape index (κ3) is 5.00. The molecular weight excluding hydrogens is 388 g/mol. The molecule has 3 aromatic carbocycles. The molecule has 0 bridgehead atoms. The molecule has 1 heterocycles. The van der Waals surface area contributed by atoms with E-state index in [9.17, 15) is 5.11 Å². The molecule has 154 valence electrons. The third-order valence-electron chi connectivity index (χ3n) is 4.62. The highest BCUT2D eigenvalue weighted by molar-refractivity contribution is 5.85. The lowest BCUT2D eigenvalue weighted by atomic mass is 10.1. The van der Waals surface area contributed by atoms with Crippen LogP contribution in [0, 0.1) is 0 Å². The number of aliphatic hydroxyl groups is 1. The molecule has 4 rings (SSSR count). The number of nitrogens with one attached hydrogen (secondary N) is 1. The Bertz CT molecular complexity index is 1170. The van der Waals surface area contributed by atoms with Crippen LogP contribution in [-0.2, 0) is 6.42 Å². The van der Waals surface area contributed by atoms with Crippen LogP contribution >= 0.6 is 0 Å². The lowest BCUT2D eigenvalue weighted by Crippen LogP contribution is -2.02. The van der Waals surface area contributed by atoms with Gasteiger partial charge in [0, 0.05) is 12.1 Å². The van der Waals surface area contributed by atoms with Crippen LogP contribution in [0.4, 0.5) is 17.3 Å². The number of nitrogen functional groups attached to an aromatic ring is 1. The van der Waals surface area contributed by atoms with Gasteiger partial charge < -0.3 is 20.9 Å². The van der Waals surface area contributed by atoms with Gasteiger partial charge in [-0.2, -0.15) is 0 Å². The van der Waals surface area contributed by atoms with Crippen LogP contribution in [0.1, 0.15) is 5.56 Å². The van der Waals surface area contributed by atoms with Crippen molar-refractivity contribution in [3.8, 4) is 22.6 Å². The first-order chi connectivity index (χ1) is 15.1. The highest BCUT2D eigenvalue weighted by Crippen LogP contribution is 2.34. The largest absolute Gasteiger partial charge is 0.513 e. The zero-order valence-electron chi connectivity index (χ0n) is 16.8. The summed E-state index contributed by atoms with van der Waals surface area (Å²) in [4.78, 5) is 8.54. The summed E-state index contributed by atoms with van der Waals surface area (Å²) in [7, 11) is 0. The third-order valence-corrected chi connectivity index (χ3v) is 4.62. The van der Waals surface area contributed by atoms with Crippen LogP contribution in [-0.4, -0.2) is 15.1 Å². The average Bonchev–Trinajstić information content (AvgIpc) is 2.77. The Morgan fingerprint density at radius 3 is 2.26 bits per heavy atom. The van der Waals surface area contributed by atoms with Crippen molar-refractivity contribution in [3.63, 3.8) is 0 Å². The highest BCUT2D eigenvalue weighted by Gasteiger charge is 2.13. The second kappa shape index (κ2) is 9.00. The maximum Gasteiger partial charge on any atom is 0.143 e. The van der Waals surface area contributed by atoms with Crippen molar-refractivity contribution in [2.24, 2.45) is 0 Å². The predicted molar refractivity (Wildman–Crippen MR) is 124 cm³/mol. The molecule has 31 heavy (non-hydrogen) atoms. The summed E-state index contributed by atoms with van der Waals surface area (Å²) in [5.74, 6) is 2.60. The maximum absolute atomic E-state index is 9.36. The Morgan fingerprint density at radius 1 is 0.903 bits per heavy atom. The number of aromatic nitrogens is 2. The van der Waals surface area contributed by atoms with Crippen molar-refractivity contribution in [1.82, 2.24) is 9.97 Å². The molecule has 6 nitrogen and oxygen atoms in total. The zero-order chi connectivity index (χ0) is 21.6. The highest BCUT2D eigenvalue weighted by atomic mass is 16.5. The molecule has 1 aromatic heterocycles. The zero-order valence-corrected chi connectivity index (χ0v) is 16.8. The van der Waals surface area contributed by atoms with E-state index in [0.717, 1.165) is 28.3 Å². The van der Waals surface area contributed by atoms with E-state index in [-0.39, 0.29) is 5.76 Å². The monoisotopic (exact) mass is 410 g/mol. The number of benzene rings is 3. The number of para-hydroxylation sites is 1. The first-order valence-electron chi connectivity index (χ1n) is 9.75. The van der Waals surface area contributed by atoms with Crippen LogP contribution in [0.15, 0.2) is 97.5 Å². The van der Waals surface area contributed by atoms with E-state index in [1.807, 2.05) is 78.9 Å². The topological polar surface area (TPSA) is 93.3 Å². The molecule has 0 unspecified atom stereocenters. The van der Waals surface area contributed by atoms with Crippen molar-refractivity contribution in [2.75, 3.05) is 11.1 Å². The molecule has 4 N–H and O–H groups in total. The van der Waals surface area contributed by atoms with Crippen LogP contribution in [0.2, 0.25) is 0 Å². The quantitative estimate of drug-likeness (QED) is 0.330. The van der Waals surface area contributed by atoms with Gasteiger partial charge >= 0.3 is 0 Å². The number of nitrogens with two attached hydrogens (primary N) is 1. The van der Waals surface area contributed by atoms with Gasteiger partial charge in [-0.05, 0) is 47.5 Å². The number of anilines is 3. The summed E-state index contributed by atoms with van der Waals surface area (Å²) >= 11 is 0. The summed E-state index contributed by atoms with van der Waals surface area (Å²) in [6.07, 6.45) is 1.85. The summed E-state index contributed by atoms with van der Waals surface area (Å²) < 4.78 is 5.86. The van der Waals surface area contributed by atoms with Gasteiger partial charge in [-0.3, -0.25) is 0 Å². The molecule has 0 saturated carbocycles. The van der Waals surface area contributed by atoms with E-state index in [0.29, 0.717) is 23.6 Å². The Kier molecular flexibility index (Phi) is 5.80. The normalized spacial score (nSPS) is 10.5. The molecule has 0 aliphatic heterocycles. The predicted octanol–water partition coefficient (Wildman–Crippen LogP) is 5.88. The van der Waals surface area contributed by atoms with Crippen molar-refractivity contribution in [1.29, 1.82) is 0 Å². The van der Waals surface area contributed by atoms with E-state index in [2.05, 4.69) is 21.9 Å². The number of hydrogen-bond acceptors (Lipinski definition) is 6. The summed E-state index contributed by atoms with van der Waals surface area (Å²) in [5.41, 5.74) is 9.58. The fraction of sp³-hybridized carbons (Fsp3) is 0.0400. The number of nitrogens with zero attached hydrogens (tertiary/aromatic N) is 2. The Hall–Kier alpha value is -4.32. The van der Waals surface area contributed by atoms with Gasteiger partial charge in [-0.25, -0.2) is 9.97 Å². The molecule has 0 fully saturated rings. The number of hydrogen-bond donors (Lipinski definition) is 3. The van der Waals surface area contributed by atoms with E-state index < -0.39 is 0 Å². The van der Waals surface area contributed by atoms with Crippen LogP contribution in [0.25, 0.3) is 11.1 Å². The molecular formula is C25H22N4O2. The van der Waals surface area contributed by atoms with Crippen molar-refractivity contribution in [3.05, 3.63) is 103 Å². The van der Waals surface area contributed by atoms with Gasteiger partial charge in [0.25, 0.3) is 0 Å². The second-order valence-corrected chi connectivity index (χ2v) is 6.99. The van der Waals surface area contributed by atoms with E-state index >= 15 is 0 Å². The Labute approximate surface area is 180 Å². The minimum absolute atomic E-state index is 0.131. The van der Waals surface area contributed by atoms with Crippen LogP contribution < -0.4 is 15.8 Å². The number of rotatable bonds is 7. The minimum Gasteiger partial charge on any atom is -0.513 e. The first kappa shape index (κ1) is 20.0. The molecule has 0 radical (unpaired) electrons. The van der Waals surface area contributed by atoms with Crippen LogP contribution in [0.3, 0.4) is 0 Å². The molecule has 0 spiro atoms. The fourth-order valence-corrected chi connectivity index (χ4v) is 3.17. The van der Waals surface area contributed by atoms with Crippen LogP contribution in [0.5, 0.6) is 11.5 Å². The first-order valence-corrected chi connectivity index (χ1v) is 9.75. The van der Waals surface area contributed by atoms with Gasteiger partial charge in [0.2, 0.25) is 0 Å². The van der Waals surface area contributed by atoms with E-state index in [4.69, 9.17) is 10.5 Å². The van der Waals surface area contributed by atoms with Crippen molar-refractivity contribution in [2.45, 2.75) is 6.42 Å². The lowest BCUT2D eigenvalue weighted by molar-refractivity contribution is 0.401. The summed E-state index contributed by atoms with van der Waals surface area (Å²) in [6, 6.07) is 24.9. The number of ether oxygens (including phenoxy) is 1. The summed E-state index contributed by atoms with van der Waals surface area (Å²) in [6.45, 7) is 3.53. The molecule has 6 heteroatoms. The van der Waals surface area contributed by atoms with Gasteiger partial charge in [-0.1, -0.05) is 49.0 Å². The molecule has 0 aliphatic rings.